The Kier molecular flexibility index (Phi) is 5.95. The van der Waals surface area contributed by atoms with Crippen molar-refractivity contribution in [3.8, 4) is 0 Å². The Morgan fingerprint density at radius 2 is 1.57 bits per heavy atom. The highest BCUT2D eigenvalue weighted by Gasteiger charge is 2.42. The van der Waals surface area contributed by atoms with E-state index in [2.05, 4.69) is 15.6 Å². The van der Waals surface area contributed by atoms with Crippen molar-refractivity contribution in [2.24, 2.45) is 10.7 Å². The Labute approximate surface area is 193 Å². The topological polar surface area (TPSA) is 62.4 Å². The number of fused-ring (bicyclic) bond motifs is 1. The van der Waals surface area contributed by atoms with E-state index in [1.165, 1.54) is 6.07 Å². The number of aliphatic imine (C=N–C) groups is 1. The monoisotopic (exact) mass is 500 g/mol. The zero-order valence-electron chi connectivity index (χ0n) is 17.5. The molecule has 1 aliphatic rings. The van der Waals surface area contributed by atoms with Gasteiger partial charge in [0.1, 0.15) is 11.5 Å². The number of anilines is 2. The molecule has 0 fully saturated rings. The van der Waals surface area contributed by atoms with E-state index in [0.717, 1.165) is 12.1 Å². The number of amidine groups is 1. The summed E-state index contributed by atoms with van der Waals surface area (Å²) in [7, 11) is 0. The lowest BCUT2D eigenvalue weighted by atomic mass is 9.91. The van der Waals surface area contributed by atoms with Gasteiger partial charge in [-0.3, -0.25) is 0 Å². The second-order valence-corrected chi connectivity index (χ2v) is 7.87. The number of nitrogens with two attached hydrogens (primary N) is 1. The first-order chi connectivity index (χ1) is 16.3. The molecule has 1 atom stereocenters. The third-order valence-corrected chi connectivity index (χ3v) is 5.31. The summed E-state index contributed by atoms with van der Waals surface area (Å²) in [5, 5.41) is 5.56. The van der Waals surface area contributed by atoms with Gasteiger partial charge in [-0.25, -0.2) is 13.8 Å². The predicted molar refractivity (Wildman–Crippen MR) is 114 cm³/mol. The van der Waals surface area contributed by atoms with Gasteiger partial charge in [0.25, 0.3) is 0 Å². The Balaban J connectivity index is 1.79. The number of alkyl halides is 6. The molecule has 1 aliphatic heterocycles. The predicted octanol–water partition coefficient (Wildman–Crippen LogP) is 6.47. The number of halogens is 8. The quantitative estimate of drug-likeness (QED) is 0.362. The summed E-state index contributed by atoms with van der Waals surface area (Å²) in [6, 6.07) is 10.5. The summed E-state index contributed by atoms with van der Waals surface area (Å²) in [5.74, 6) is -2.47. The van der Waals surface area contributed by atoms with Gasteiger partial charge >= 0.3 is 12.4 Å². The van der Waals surface area contributed by atoms with Crippen LogP contribution in [0.5, 0.6) is 0 Å². The maximum Gasteiger partial charge on any atom is 0.416 e. The van der Waals surface area contributed by atoms with Crippen LogP contribution in [0.25, 0.3) is 0 Å². The molecule has 3 aromatic carbocycles. The molecule has 0 aliphatic carbocycles. The summed E-state index contributed by atoms with van der Waals surface area (Å²) in [4.78, 5) is 4.33. The van der Waals surface area contributed by atoms with Gasteiger partial charge in [-0.1, -0.05) is 18.2 Å². The molecule has 1 unspecified atom stereocenters. The molecular formula is C23H16F8N4. The fourth-order valence-corrected chi connectivity index (χ4v) is 3.65. The first kappa shape index (κ1) is 24.5. The summed E-state index contributed by atoms with van der Waals surface area (Å²) in [5.41, 5.74) is 1.75. The fourth-order valence-electron chi connectivity index (χ4n) is 3.65. The number of para-hydroxylation sites is 2. The summed E-state index contributed by atoms with van der Waals surface area (Å²) >= 11 is 0. The Bertz CT molecular complexity index is 1300. The summed E-state index contributed by atoms with van der Waals surface area (Å²) in [6.07, 6.45) is -10.7. The number of nitrogens with one attached hydrogen (secondary N) is 2. The van der Waals surface area contributed by atoms with Gasteiger partial charge < -0.3 is 16.4 Å². The zero-order chi connectivity index (χ0) is 25.6. The summed E-state index contributed by atoms with van der Waals surface area (Å²) in [6.45, 7) is 0. The molecule has 35 heavy (non-hydrogen) atoms. The van der Waals surface area contributed by atoms with E-state index in [1.54, 1.807) is 24.3 Å². The van der Waals surface area contributed by atoms with E-state index in [4.69, 9.17) is 5.73 Å². The minimum absolute atomic E-state index is 0.00196. The smallest absolute Gasteiger partial charge is 0.359 e. The minimum atomic E-state index is -5.11. The molecule has 0 amide bonds. The van der Waals surface area contributed by atoms with Crippen LogP contribution in [0.3, 0.4) is 0 Å². The van der Waals surface area contributed by atoms with Crippen molar-refractivity contribution in [3.63, 3.8) is 0 Å². The highest BCUT2D eigenvalue weighted by Crippen LogP contribution is 2.40. The van der Waals surface area contributed by atoms with Crippen LogP contribution < -0.4 is 16.4 Å². The van der Waals surface area contributed by atoms with E-state index < -0.39 is 52.8 Å². The van der Waals surface area contributed by atoms with Gasteiger partial charge in [-0.05, 0) is 42.0 Å². The number of nitrogens with zero attached hydrogens (tertiary/aromatic N) is 1. The average molecular weight is 500 g/mol. The van der Waals surface area contributed by atoms with Crippen molar-refractivity contribution in [1.82, 2.24) is 0 Å². The lowest BCUT2D eigenvalue weighted by Gasteiger charge is -2.37. The molecule has 12 heteroatoms. The van der Waals surface area contributed by atoms with Crippen molar-refractivity contribution in [2.45, 2.75) is 24.4 Å². The van der Waals surface area contributed by atoms with Crippen LogP contribution in [0, 0.1) is 11.6 Å². The van der Waals surface area contributed by atoms with Crippen LogP contribution in [0.1, 0.15) is 16.7 Å². The second kappa shape index (κ2) is 8.52. The Morgan fingerprint density at radius 3 is 2.23 bits per heavy atom. The molecule has 4 N–H and O–H groups in total. The van der Waals surface area contributed by atoms with Crippen molar-refractivity contribution in [3.05, 3.63) is 89.0 Å². The van der Waals surface area contributed by atoms with E-state index in [-0.39, 0.29) is 17.6 Å². The number of benzene rings is 3. The van der Waals surface area contributed by atoms with E-state index in [9.17, 15) is 35.1 Å². The van der Waals surface area contributed by atoms with Gasteiger partial charge in [0.15, 0.2) is 11.6 Å². The summed E-state index contributed by atoms with van der Waals surface area (Å²) < 4.78 is 107. The van der Waals surface area contributed by atoms with Gasteiger partial charge in [-0.2, -0.15) is 26.3 Å². The Morgan fingerprint density at radius 1 is 0.857 bits per heavy atom. The van der Waals surface area contributed by atoms with Crippen LogP contribution in [0.4, 0.5) is 52.2 Å². The highest BCUT2D eigenvalue weighted by atomic mass is 19.4. The van der Waals surface area contributed by atoms with Crippen LogP contribution in [0.2, 0.25) is 0 Å². The number of rotatable bonds is 3. The van der Waals surface area contributed by atoms with Crippen molar-refractivity contribution in [1.29, 1.82) is 0 Å². The Hall–Kier alpha value is -3.67. The molecule has 0 bridgehead atoms. The van der Waals surface area contributed by atoms with Gasteiger partial charge in [-0.15, -0.1) is 0 Å². The molecule has 4 rings (SSSR count). The molecule has 0 saturated carbocycles. The van der Waals surface area contributed by atoms with E-state index >= 15 is 0 Å². The van der Waals surface area contributed by atoms with Crippen molar-refractivity contribution >= 4 is 22.9 Å². The maximum absolute atomic E-state index is 13.7. The number of hydrogen-bond donors (Lipinski definition) is 3. The normalized spacial score (nSPS) is 17.9. The van der Waals surface area contributed by atoms with Crippen molar-refractivity contribution in [2.75, 3.05) is 10.6 Å². The SMILES string of the molecule is NC1(Cc2ccc(C(F)(F)F)cc2C(F)(F)F)Nc2ccccc2N=C1Nc1ccc(F)c(F)c1. The second-order valence-electron chi connectivity index (χ2n) is 7.87. The molecule has 184 valence electrons. The van der Waals surface area contributed by atoms with Gasteiger partial charge in [0.2, 0.25) is 0 Å². The first-order valence-electron chi connectivity index (χ1n) is 10.0. The lowest BCUT2D eigenvalue weighted by Crippen LogP contribution is -2.60. The lowest BCUT2D eigenvalue weighted by molar-refractivity contribution is -0.143. The molecular weight excluding hydrogens is 484 g/mol. The van der Waals surface area contributed by atoms with E-state index in [1.807, 2.05) is 0 Å². The van der Waals surface area contributed by atoms with E-state index in [0.29, 0.717) is 23.5 Å². The highest BCUT2D eigenvalue weighted by molar-refractivity contribution is 6.08. The maximum atomic E-state index is 13.7. The molecule has 3 aromatic rings. The molecule has 0 radical (unpaired) electrons. The third kappa shape index (κ3) is 5.06. The molecule has 0 saturated heterocycles. The number of hydrogen-bond acceptors (Lipinski definition) is 4. The molecule has 4 nitrogen and oxygen atoms in total. The fraction of sp³-hybridized carbons (Fsp3) is 0.174. The first-order valence-corrected chi connectivity index (χ1v) is 10.0. The van der Waals surface area contributed by atoms with Crippen LogP contribution in [-0.2, 0) is 18.8 Å². The van der Waals surface area contributed by atoms with Gasteiger partial charge in [0.05, 0.1) is 22.5 Å². The van der Waals surface area contributed by atoms with Crippen LogP contribution in [0.15, 0.2) is 65.7 Å². The van der Waals surface area contributed by atoms with Crippen LogP contribution >= 0.6 is 0 Å². The van der Waals surface area contributed by atoms with Crippen molar-refractivity contribution < 1.29 is 35.1 Å². The molecule has 0 aromatic heterocycles. The van der Waals surface area contributed by atoms with Gasteiger partial charge in [0, 0.05) is 18.2 Å². The minimum Gasteiger partial charge on any atom is -0.359 e. The standard InChI is InChI=1S/C23H16F8N4/c24-16-8-7-14(10-17(16)25)33-20-21(32,35-19-4-2-1-3-18(19)34-20)11-12-5-6-13(22(26,27)28)9-15(12)23(29,30)31/h1-10,35H,11,32H2,(H,33,34). The van der Waals surface area contributed by atoms with Crippen LogP contribution in [-0.4, -0.2) is 11.5 Å². The molecule has 0 spiro atoms. The zero-order valence-corrected chi connectivity index (χ0v) is 17.5. The third-order valence-electron chi connectivity index (χ3n) is 5.31. The largest absolute Gasteiger partial charge is 0.416 e. The average Bonchev–Trinajstić information content (AvgIpc) is 2.75. The molecule has 1 heterocycles.